The Labute approximate surface area is 139 Å². The molecule has 3 rings (SSSR count). The number of hydrogen-bond acceptors (Lipinski definition) is 3. The number of halogens is 1. The zero-order valence-electron chi connectivity index (χ0n) is 12.8. The monoisotopic (exact) mass is 325 g/mol. The van der Waals surface area contributed by atoms with Gasteiger partial charge in [-0.15, -0.1) is 0 Å². The first-order chi connectivity index (χ1) is 11.1. The average molecular weight is 326 g/mol. The molecule has 0 radical (unpaired) electrons. The highest BCUT2D eigenvalue weighted by molar-refractivity contribution is 6.32. The van der Waals surface area contributed by atoms with E-state index in [-0.39, 0.29) is 12.4 Å². The van der Waals surface area contributed by atoms with Gasteiger partial charge in [0.15, 0.2) is 0 Å². The van der Waals surface area contributed by atoms with Crippen LogP contribution in [0.2, 0.25) is 5.02 Å². The number of fused-ring (bicyclic) bond motifs is 1. The van der Waals surface area contributed by atoms with Crippen LogP contribution in [0.3, 0.4) is 0 Å². The summed E-state index contributed by atoms with van der Waals surface area (Å²) >= 11 is 6.15. The summed E-state index contributed by atoms with van der Waals surface area (Å²) in [7, 11) is 0. The first-order valence-electron chi connectivity index (χ1n) is 7.42. The van der Waals surface area contributed by atoms with E-state index in [0.29, 0.717) is 17.2 Å². The number of carbonyl (C=O) groups excluding carboxylic acids is 1. The second kappa shape index (κ2) is 6.80. The van der Waals surface area contributed by atoms with Gasteiger partial charge in [-0.05, 0) is 35.9 Å². The number of hydrogen-bond donors (Lipinski definition) is 0. The molecule has 0 bridgehead atoms. The summed E-state index contributed by atoms with van der Waals surface area (Å²) < 4.78 is 5.37. The molecule has 0 saturated carbocycles. The Morgan fingerprint density at radius 1 is 1.13 bits per heavy atom. The molecule has 0 unspecified atom stereocenters. The second-order valence-corrected chi connectivity index (χ2v) is 5.76. The molecular weight excluding hydrogens is 310 g/mol. The number of aryl methyl sites for hydroxylation is 2. The zero-order valence-corrected chi connectivity index (χ0v) is 13.5. The van der Waals surface area contributed by atoms with Gasteiger partial charge in [0.25, 0.3) is 0 Å². The van der Waals surface area contributed by atoms with E-state index in [9.17, 15) is 4.79 Å². The molecule has 0 amide bonds. The minimum atomic E-state index is -0.301. The third-order valence-electron chi connectivity index (χ3n) is 3.73. The maximum Gasteiger partial charge on any atom is 0.311 e. The van der Waals surface area contributed by atoms with Crippen molar-refractivity contribution in [1.29, 1.82) is 0 Å². The Balaban J connectivity index is 1.70. The van der Waals surface area contributed by atoms with E-state index in [0.717, 1.165) is 21.9 Å². The first kappa shape index (κ1) is 15.5. The van der Waals surface area contributed by atoms with Gasteiger partial charge in [-0.1, -0.05) is 48.0 Å². The van der Waals surface area contributed by atoms with Crippen LogP contribution in [0.4, 0.5) is 0 Å². The van der Waals surface area contributed by atoms with Crippen LogP contribution in [0.25, 0.3) is 10.8 Å². The van der Waals surface area contributed by atoms with Crippen molar-refractivity contribution in [2.24, 2.45) is 0 Å². The van der Waals surface area contributed by atoms with Crippen molar-refractivity contribution in [1.82, 2.24) is 4.98 Å². The molecule has 0 fully saturated rings. The maximum atomic E-state index is 12.1. The number of pyridine rings is 1. The number of esters is 1. The van der Waals surface area contributed by atoms with Crippen LogP contribution in [0.5, 0.6) is 5.75 Å². The predicted octanol–water partition coefficient (Wildman–Crippen LogP) is 4.73. The second-order valence-electron chi connectivity index (χ2n) is 5.38. The van der Waals surface area contributed by atoms with Crippen molar-refractivity contribution in [3.05, 3.63) is 71.0 Å². The Morgan fingerprint density at radius 2 is 1.96 bits per heavy atom. The van der Waals surface area contributed by atoms with Crippen LogP contribution < -0.4 is 4.74 Å². The predicted molar refractivity (Wildman–Crippen MR) is 91.9 cm³/mol. The molecule has 0 spiro atoms. The lowest BCUT2D eigenvalue weighted by molar-refractivity contribution is -0.134. The Bertz CT molecular complexity index is 856. The van der Waals surface area contributed by atoms with Gasteiger partial charge in [0.05, 0.1) is 11.4 Å². The van der Waals surface area contributed by atoms with E-state index in [1.54, 1.807) is 12.3 Å². The van der Waals surface area contributed by atoms with Crippen LogP contribution in [-0.4, -0.2) is 11.0 Å². The van der Waals surface area contributed by atoms with Crippen molar-refractivity contribution < 1.29 is 9.53 Å². The highest BCUT2D eigenvalue weighted by Crippen LogP contribution is 2.28. The van der Waals surface area contributed by atoms with Crippen LogP contribution in [-0.2, 0) is 11.2 Å². The maximum absolute atomic E-state index is 12.1. The standard InChI is InChI=1S/C19H16ClNO2/c1-13-5-4-8-17(19(13)20)23-18(22)10-9-15-12-21-11-14-6-2-3-7-16(14)15/h2-8,11-12H,9-10H2,1H3. The van der Waals surface area contributed by atoms with Gasteiger partial charge in [0.1, 0.15) is 5.75 Å². The molecule has 0 aliphatic rings. The summed E-state index contributed by atoms with van der Waals surface area (Å²) in [6.45, 7) is 1.88. The average Bonchev–Trinajstić information content (AvgIpc) is 2.57. The molecule has 3 aromatic rings. The number of nitrogens with zero attached hydrogens (tertiary/aromatic N) is 1. The molecule has 0 atom stereocenters. The molecule has 4 heteroatoms. The van der Waals surface area contributed by atoms with E-state index in [2.05, 4.69) is 4.98 Å². The van der Waals surface area contributed by atoms with Crippen molar-refractivity contribution in [2.75, 3.05) is 0 Å². The van der Waals surface area contributed by atoms with Crippen molar-refractivity contribution in [3.63, 3.8) is 0 Å². The van der Waals surface area contributed by atoms with E-state index >= 15 is 0 Å². The Kier molecular flexibility index (Phi) is 4.58. The van der Waals surface area contributed by atoms with Crippen molar-refractivity contribution in [3.8, 4) is 5.75 Å². The number of aromatic nitrogens is 1. The van der Waals surface area contributed by atoms with Crippen LogP contribution >= 0.6 is 11.6 Å². The molecule has 0 saturated heterocycles. The zero-order chi connectivity index (χ0) is 16.2. The van der Waals surface area contributed by atoms with E-state index in [1.165, 1.54) is 0 Å². The minimum Gasteiger partial charge on any atom is -0.425 e. The number of ether oxygens (including phenoxy) is 1. The van der Waals surface area contributed by atoms with Crippen molar-refractivity contribution in [2.45, 2.75) is 19.8 Å². The SMILES string of the molecule is Cc1cccc(OC(=O)CCc2cncc3ccccc23)c1Cl. The summed E-state index contributed by atoms with van der Waals surface area (Å²) in [6, 6.07) is 13.4. The summed E-state index contributed by atoms with van der Waals surface area (Å²) in [5, 5.41) is 2.66. The van der Waals surface area contributed by atoms with Crippen LogP contribution in [0.1, 0.15) is 17.5 Å². The van der Waals surface area contributed by atoms with Crippen LogP contribution in [0.15, 0.2) is 54.9 Å². The third-order valence-corrected chi connectivity index (χ3v) is 4.21. The topological polar surface area (TPSA) is 39.2 Å². The van der Waals surface area contributed by atoms with Gasteiger partial charge in [-0.2, -0.15) is 0 Å². The highest BCUT2D eigenvalue weighted by atomic mass is 35.5. The number of benzene rings is 2. The molecule has 23 heavy (non-hydrogen) atoms. The van der Waals surface area contributed by atoms with Gasteiger partial charge < -0.3 is 4.74 Å². The highest BCUT2D eigenvalue weighted by Gasteiger charge is 2.11. The van der Waals surface area contributed by atoms with Gasteiger partial charge in [0, 0.05) is 17.8 Å². The molecule has 0 aliphatic heterocycles. The summed E-state index contributed by atoms with van der Waals surface area (Å²) in [5.41, 5.74) is 1.92. The van der Waals surface area contributed by atoms with Gasteiger partial charge in [0.2, 0.25) is 0 Å². The molecule has 116 valence electrons. The fourth-order valence-electron chi connectivity index (χ4n) is 2.49. The molecule has 0 aliphatic carbocycles. The summed E-state index contributed by atoms with van der Waals surface area (Å²) in [5.74, 6) is 0.109. The number of carbonyl (C=O) groups is 1. The largest absolute Gasteiger partial charge is 0.425 e. The van der Waals surface area contributed by atoms with Crippen molar-refractivity contribution >= 4 is 28.3 Å². The van der Waals surface area contributed by atoms with E-state index in [1.807, 2.05) is 49.5 Å². The normalized spacial score (nSPS) is 10.7. The Morgan fingerprint density at radius 3 is 2.83 bits per heavy atom. The fraction of sp³-hybridized carbons (Fsp3) is 0.158. The Hall–Kier alpha value is -2.39. The quantitative estimate of drug-likeness (QED) is 0.514. The van der Waals surface area contributed by atoms with Gasteiger partial charge in [-0.3, -0.25) is 9.78 Å². The van der Waals surface area contributed by atoms with Gasteiger partial charge >= 0.3 is 5.97 Å². The molecular formula is C19H16ClNO2. The fourth-order valence-corrected chi connectivity index (χ4v) is 2.65. The molecule has 3 nitrogen and oxygen atoms in total. The summed E-state index contributed by atoms with van der Waals surface area (Å²) in [6.07, 6.45) is 4.48. The lowest BCUT2D eigenvalue weighted by Crippen LogP contribution is -2.09. The van der Waals surface area contributed by atoms with E-state index in [4.69, 9.17) is 16.3 Å². The van der Waals surface area contributed by atoms with Crippen LogP contribution in [0, 0.1) is 6.92 Å². The minimum absolute atomic E-state index is 0.278. The molecule has 1 heterocycles. The van der Waals surface area contributed by atoms with Gasteiger partial charge in [-0.25, -0.2) is 0 Å². The lowest BCUT2D eigenvalue weighted by atomic mass is 10.0. The number of rotatable bonds is 4. The lowest BCUT2D eigenvalue weighted by Gasteiger charge is -2.09. The molecule has 0 N–H and O–H groups in total. The van der Waals surface area contributed by atoms with E-state index < -0.39 is 0 Å². The first-order valence-corrected chi connectivity index (χ1v) is 7.80. The third kappa shape index (κ3) is 3.51. The summed E-state index contributed by atoms with van der Waals surface area (Å²) in [4.78, 5) is 16.3. The smallest absolute Gasteiger partial charge is 0.311 e. The molecule has 2 aromatic carbocycles. The molecule has 1 aromatic heterocycles.